The second-order valence-electron chi connectivity index (χ2n) is 6.29. The number of non-ortho nitro benzene ring substituents is 1. The third-order valence-electron chi connectivity index (χ3n) is 4.37. The molecule has 0 aliphatic carbocycles. The topological polar surface area (TPSA) is 122 Å². The van der Waals surface area contributed by atoms with Gasteiger partial charge in [0.2, 0.25) is 5.88 Å². The van der Waals surface area contributed by atoms with E-state index in [1.54, 1.807) is 6.92 Å². The Hall–Kier alpha value is -2.51. The van der Waals surface area contributed by atoms with Crippen molar-refractivity contribution >= 4 is 49.4 Å². The van der Waals surface area contributed by atoms with E-state index in [9.17, 15) is 25.3 Å². The number of nitriles is 1. The number of pyridine rings is 1. The number of hydrogen-bond donors (Lipinski definition) is 1. The van der Waals surface area contributed by atoms with Crippen molar-refractivity contribution in [2.24, 2.45) is 4.99 Å². The standard InChI is InChI=1S/C19H18Br2N4O4/c1-3-4-5-6-24-18(26)13(9-22)11(2)14(19(24)27)10-23-17-15(20)7-12(25(28)29)8-16(17)21/h7-8,10,27H,3-6H2,1-2H3. The monoisotopic (exact) mass is 524 g/mol. The average Bonchev–Trinajstić information content (AvgIpc) is 2.66. The zero-order chi connectivity index (χ0) is 21.7. The number of nitro benzene ring substituents is 1. The Bertz CT molecular complexity index is 1060. The lowest BCUT2D eigenvalue weighted by Gasteiger charge is -2.14. The van der Waals surface area contributed by atoms with Crippen LogP contribution in [0.15, 0.2) is 30.9 Å². The Morgan fingerprint density at radius 1 is 1.34 bits per heavy atom. The molecule has 1 aromatic carbocycles. The van der Waals surface area contributed by atoms with Crippen LogP contribution in [-0.2, 0) is 6.54 Å². The molecular formula is C19H18Br2N4O4. The summed E-state index contributed by atoms with van der Waals surface area (Å²) in [6, 6.07) is 4.54. The van der Waals surface area contributed by atoms with E-state index in [-0.39, 0.29) is 22.7 Å². The van der Waals surface area contributed by atoms with Crippen LogP contribution in [0.5, 0.6) is 5.88 Å². The molecule has 0 fully saturated rings. The van der Waals surface area contributed by atoms with Crippen LogP contribution in [0.3, 0.4) is 0 Å². The van der Waals surface area contributed by atoms with E-state index in [1.807, 2.05) is 13.0 Å². The van der Waals surface area contributed by atoms with E-state index < -0.39 is 10.5 Å². The maximum Gasteiger partial charge on any atom is 0.271 e. The van der Waals surface area contributed by atoms with Gasteiger partial charge in [0.25, 0.3) is 11.2 Å². The molecule has 0 radical (unpaired) electrons. The van der Waals surface area contributed by atoms with Gasteiger partial charge in [0.15, 0.2) is 0 Å². The predicted octanol–water partition coefficient (Wildman–Crippen LogP) is 5.11. The van der Waals surface area contributed by atoms with Crippen molar-refractivity contribution < 1.29 is 10.0 Å². The molecule has 0 bridgehead atoms. The molecule has 0 spiro atoms. The largest absolute Gasteiger partial charge is 0.494 e. The highest BCUT2D eigenvalue weighted by Gasteiger charge is 2.18. The first-order valence-corrected chi connectivity index (χ1v) is 10.3. The number of hydrogen-bond acceptors (Lipinski definition) is 6. The minimum atomic E-state index is -0.534. The summed E-state index contributed by atoms with van der Waals surface area (Å²) < 4.78 is 1.94. The highest BCUT2D eigenvalue weighted by molar-refractivity contribution is 9.11. The molecule has 0 saturated heterocycles. The van der Waals surface area contributed by atoms with E-state index in [4.69, 9.17) is 0 Å². The number of nitro groups is 1. The third-order valence-corrected chi connectivity index (χ3v) is 5.58. The molecule has 1 N–H and O–H groups in total. The molecule has 0 atom stereocenters. The van der Waals surface area contributed by atoms with Gasteiger partial charge in [-0.1, -0.05) is 19.8 Å². The van der Waals surface area contributed by atoms with Crippen LogP contribution in [0.1, 0.15) is 42.9 Å². The molecule has 10 heteroatoms. The summed E-state index contributed by atoms with van der Waals surface area (Å²) >= 11 is 6.51. The maximum absolute atomic E-state index is 12.5. The number of nitrogens with zero attached hydrogens (tertiary/aromatic N) is 4. The van der Waals surface area contributed by atoms with Crippen LogP contribution < -0.4 is 5.56 Å². The lowest BCUT2D eigenvalue weighted by atomic mass is 10.1. The number of rotatable bonds is 7. The summed E-state index contributed by atoms with van der Waals surface area (Å²) in [5, 5.41) is 31.0. The van der Waals surface area contributed by atoms with Crippen molar-refractivity contribution in [1.29, 1.82) is 5.26 Å². The van der Waals surface area contributed by atoms with Crippen molar-refractivity contribution in [3.8, 4) is 11.9 Å². The summed E-state index contributed by atoms with van der Waals surface area (Å²) in [4.78, 5) is 27.3. The van der Waals surface area contributed by atoms with E-state index >= 15 is 0 Å². The number of aromatic nitrogens is 1. The number of aliphatic imine (C=N–C) groups is 1. The lowest BCUT2D eigenvalue weighted by Crippen LogP contribution is -2.25. The molecule has 0 aliphatic heterocycles. The summed E-state index contributed by atoms with van der Waals surface area (Å²) in [6.45, 7) is 3.88. The van der Waals surface area contributed by atoms with Crippen LogP contribution in [0, 0.1) is 28.4 Å². The molecule has 8 nitrogen and oxygen atoms in total. The summed E-state index contributed by atoms with van der Waals surface area (Å²) in [5.41, 5.74) is 0.236. The highest BCUT2D eigenvalue weighted by Crippen LogP contribution is 2.37. The van der Waals surface area contributed by atoms with Crippen LogP contribution in [0.2, 0.25) is 0 Å². The third kappa shape index (κ3) is 4.92. The average molecular weight is 526 g/mol. The Morgan fingerprint density at radius 3 is 2.48 bits per heavy atom. The van der Waals surface area contributed by atoms with Gasteiger partial charge in [0.05, 0.1) is 25.1 Å². The summed E-state index contributed by atoms with van der Waals surface area (Å²) in [5.74, 6) is -0.263. The predicted molar refractivity (Wildman–Crippen MR) is 117 cm³/mol. The number of benzene rings is 1. The summed E-state index contributed by atoms with van der Waals surface area (Å²) in [6.07, 6.45) is 3.86. The molecule has 152 valence electrons. The molecule has 0 aliphatic rings. The van der Waals surface area contributed by atoms with E-state index in [0.717, 1.165) is 12.8 Å². The summed E-state index contributed by atoms with van der Waals surface area (Å²) in [7, 11) is 0. The Labute approximate surface area is 183 Å². The SMILES string of the molecule is CCCCCn1c(O)c(C=Nc2c(Br)cc([N+](=O)[O-])cc2Br)c(C)c(C#N)c1=O. The van der Waals surface area contributed by atoms with Gasteiger partial charge >= 0.3 is 0 Å². The van der Waals surface area contributed by atoms with E-state index in [0.29, 0.717) is 33.2 Å². The minimum absolute atomic E-state index is 0.0532. The molecule has 2 aromatic rings. The Balaban J connectivity index is 2.58. The van der Waals surface area contributed by atoms with Crippen LogP contribution in [0.4, 0.5) is 11.4 Å². The van der Waals surface area contributed by atoms with E-state index in [2.05, 4.69) is 36.9 Å². The molecule has 0 unspecified atom stereocenters. The molecule has 29 heavy (non-hydrogen) atoms. The highest BCUT2D eigenvalue weighted by atomic mass is 79.9. The number of halogens is 2. The second-order valence-corrected chi connectivity index (χ2v) is 7.99. The molecule has 0 saturated carbocycles. The first-order valence-electron chi connectivity index (χ1n) is 8.76. The molecule has 0 amide bonds. The fourth-order valence-corrected chi connectivity index (χ4v) is 4.13. The molecule has 1 heterocycles. The zero-order valence-corrected chi connectivity index (χ0v) is 18.9. The van der Waals surface area contributed by atoms with Gasteiger partial charge in [-0.2, -0.15) is 5.26 Å². The Kier molecular flexibility index (Phi) is 7.70. The van der Waals surface area contributed by atoms with Gasteiger partial charge in [-0.15, -0.1) is 0 Å². The van der Waals surface area contributed by atoms with Crippen molar-refractivity contribution in [3.05, 3.63) is 58.2 Å². The lowest BCUT2D eigenvalue weighted by molar-refractivity contribution is -0.385. The van der Waals surface area contributed by atoms with Crippen molar-refractivity contribution in [2.45, 2.75) is 39.7 Å². The van der Waals surface area contributed by atoms with Crippen molar-refractivity contribution in [2.75, 3.05) is 0 Å². The van der Waals surface area contributed by atoms with E-state index in [1.165, 1.54) is 22.9 Å². The zero-order valence-electron chi connectivity index (χ0n) is 15.8. The number of unbranched alkanes of at least 4 members (excludes halogenated alkanes) is 2. The van der Waals surface area contributed by atoms with Crippen molar-refractivity contribution in [3.63, 3.8) is 0 Å². The smallest absolute Gasteiger partial charge is 0.271 e. The first-order chi connectivity index (χ1) is 13.7. The van der Waals surface area contributed by atoms with Gasteiger partial charge in [-0.25, -0.2) is 0 Å². The quantitative estimate of drug-likeness (QED) is 0.233. The number of aromatic hydroxyl groups is 1. The Morgan fingerprint density at radius 2 is 1.97 bits per heavy atom. The van der Waals surface area contributed by atoms with Crippen LogP contribution in [0.25, 0.3) is 0 Å². The van der Waals surface area contributed by atoms with Gasteiger partial charge in [-0.3, -0.25) is 24.5 Å². The van der Waals surface area contributed by atoms with Crippen LogP contribution in [-0.4, -0.2) is 20.8 Å². The maximum atomic E-state index is 12.5. The van der Waals surface area contributed by atoms with Crippen LogP contribution >= 0.6 is 31.9 Å². The van der Waals surface area contributed by atoms with Gasteiger partial charge < -0.3 is 5.11 Å². The second kappa shape index (κ2) is 9.80. The normalized spacial score (nSPS) is 11.0. The van der Waals surface area contributed by atoms with Gasteiger partial charge in [-0.05, 0) is 50.8 Å². The van der Waals surface area contributed by atoms with Gasteiger partial charge in [0, 0.05) is 24.9 Å². The fraction of sp³-hybridized carbons (Fsp3) is 0.316. The van der Waals surface area contributed by atoms with Gasteiger partial charge in [0.1, 0.15) is 11.6 Å². The minimum Gasteiger partial charge on any atom is -0.494 e. The molecule has 1 aromatic heterocycles. The molecule has 2 rings (SSSR count). The first kappa shape index (κ1) is 22.8. The van der Waals surface area contributed by atoms with Crippen molar-refractivity contribution in [1.82, 2.24) is 4.57 Å². The fourth-order valence-electron chi connectivity index (χ4n) is 2.76. The molecular weight excluding hydrogens is 508 g/mol.